The Morgan fingerprint density at radius 1 is 1.10 bits per heavy atom. The second-order valence-corrected chi connectivity index (χ2v) is 7.96. The lowest BCUT2D eigenvalue weighted by atomic mass is 9.69. The van der Waals surface area contributed by atoms with Crippen LogP contribution in [0.15, 0.2) is 64.8 Å². The minimum absolute atomic E-state index is 0.0457. The molecule has 3 atom stereocenters. The van der Waals surface area contributed by atoms with E-state index in [1.165, 1.54) is 7.11 Å². The molecule has 1 aliphatic heterocycles. The maximum absolute atomic E-state index is 13.5. The van der Waals surface area contributed by atoms with Gasteiger partial charge < -0.3 is 14.6 Å². The van der Waals surface area contributed by atoms with E-state index in [9.17, 15) is 14.7 Å². The summed E-state index contributed by atoms with van der Waals surface area (Å²) in [6.07, 6.45) is 0.874. The van der Waals surface area contributed by atoms with Crippen LogP contribution in [0.25, 0.3) is 0 Å². The summed E-state index contributed by atoms with van der Waals surface area (Å²) in [6.45, 7) is 1.79. The molecule has 0 saturated carbocycles. The number of ether oxygens (including phenoxy) is 2. The fourth-order valence-corrected chi connectivity index (χ4v) is 4.79. The zero-order valence-electron chi connectivity index (χ0n) is 17.8. The Balaban J connectivity index is 1.83. The van der Waals surface area contributed by atoms with Gasteiger partial charge in [0.15, 0.2) is 5.78 Å². The Labute approximate surface area is 181 Å². The van der Waals surface area contributed by atoms with Crippen LogP contribution < -0.4 is 4.74 Å². The predicted octanol–water partition coefficient (Wildman–Crippen LogP) is 4.15. The van der Waals surface area contributed by atoms with E-state index in [0.717, 1.165) is 11.3 Å². The summed E-state index contributed by atoms with van der Waals surface area (Å²) in [6, 6.07) is 14.4. The summed E-state index contributed by atoms with van der Waals surface area (Å²) in [7, 11) is 2.95. The number of aliphatic imine (C=N–C) groups is 1. The molecule has 31 heavy (non-hydrogen) atoms. The normalized spacial score (nSPS) is 23.1. The van der Waals surface area contributed by atoms with Gasteiger partial charge in [-0.3, -0.25) is 14.6 Å². The fraction of sp³-hybridized carbons (Fsp3) is 0.320. The highest BCUT2D eigenvalue weighted by atomic mass is 16.5. The van der Waals surface area contributed by atoms with Crippen molar-refractivity contribution in [2.75, 3.05) is 14.2 Å². The van der Waals surface area contributed by atoms with Crippen molar-refractivity contribution < 1.29 is 24.2 Å². The molecule has 0 bridgehead atoms. The molecule has 0 aromatic heterocycles. The van der Waals surface area contributed by atoms with Gasteiger partial charge in [-0.15, -0.1) is 0 Å². The average Bonchev–Trinajstić information content (AvgIpc) is 2.77. The quantitative estimate of drug-likeness (QED) is 0.753. The fourth-order valence-electron chi connectivity index (χ4n) is 4.79. The zero-order chi connectivity index (χ0) is 22.1. The van der Waals surface area contributed by atoms with Gasteiger partial charge in [0.2, 0.25) is 0 Å². The summed E-state index contributed by atoms with van der Waals surface area (Å²) in [4.78, 5) is 30.8. The molecule has 1 unspecified atom stereocenters. The first kappa shape index (κ1) is 20.8. The average molecular weight is 419 g/mol. The lowest BCUT2D eigenvalue weighted by molar-refractivity contribution is -0.143. The number of esters is 1. The second-order valence-electron chi connectivity index (χ2n) is 7.96. The summed E-state index contributed by atoms with van der Waals surface area (Å²) in [5.74, 6) is -0.971. The highest BCUT2D eigenvalue weighted by molar-refractivity contribution is 6.09. The highest BCUT2D eigenvalue weighted by Crippen LogP contribution is 2.48. The Kier molecular flexibility index (Phi) is 5.63. The highest BCUT2D eigenvalue weighted by Gasteiger charge is 2.44. The molecule has 1 heterocycles. The molecule has 0 amide bonds. The topological polar surface area (TPSA) is 85.2 Å². The molecule has 0 saturated heterocycles. The van der Waals surface area contributed by atoms with Crippen LogP contribution in [-0.4, -0.2) is 36.8 Å². The lowest BCUT2D eigenvalue weighted by Gasteiger charge is -2.36. The van der Waals surface area contributed by atoms with Crippen LogP contribution in [0, 0.1) is 5.92 Å². The van der Waals surface area contributed by atoms with Gasteiger partial charge in [0.25, 0.3) is 0 Å². The van der Waals surface area contributed by atoms with Crippen LogP contribution in [0.2, 0.25) is 0 Å². The van der Waals surface area contributed by atoms with Crippen LogP contribution >= 0.6 is 0 Å². The molecule has 1 aliphatic carbocycles. The maximum atomic E-state index is 13.5. The van der Waals surface area contributed by atoms with Gasteiger partial charge in [-0.2, -0.15) is 0 Å². The number of methoxy groups -OCH3 is 2. The molecule has 0 fully saturated rings. The largest absolute Gasteiger partial charge is 0.508 e. The molecule has 160 valence electrons. The second kappa shape index (κ2) is 8.38. The van der Waals surface area contributed by atoms with Gasteiger partial charge >= 0.3 is 5.97 Å². The van der Waals surface area contributed by atoms with Gasteiger partial charge in [0.05, 0.1) is 14.2 Å². The summed E-state index contributed by atoms with van der Waals surface area (Å²) in [5, 5.41) is 10.0. The third-order valence-electron chi connectivity index (χ3n) is 6.15. The van der Waals surface area contributed by atoms with Gasteiger partial charge in [0, 0.05) is 35.2 Å². The number of hydrogen-bond acceptors (Lipinski definition) is 6. The van der Waals surface area contributed by atoms with Gasteiger partial charge in [0.1, 0.15) is 17.4 Å². The van der Waals surface area contributed by atoms with Crippen LogP contribution in [0.5, 0.6) is 11.5 Å². The molecule has 4 rings (SSSR count). The number of benzene rings is 2. The molecule has 1 N–H and O–H groups in total. The van der Waals surface area contributed by atoms with E-state index in [1.54, 1.807) is 32.2 Å². The molecule has 2 aliphatic rings. The van der Waals surface area contributed by atoms with Crippen molar-refractivity contribution in [3.05, 3.63) is 70.9 Å². The number of para-hydroxylation sites is 1. The monoisotopic (exact) mass is 419 g/mol. The van der Waals surface area contributed by atoms with E-state index in [0.29, 0.717) is 35.4 Å². The van der Waals surface area contributed by atoms with E-state index < -0.39 is 17.8 Å². The SMILES string of the molecule is COC(=O)C1C(C)=NC2=C(C(=O)C[C@H](c3ccccc3OC)C2)[C@@H]1c1cccc(O)c1. The number of carbonyl (C=O) groups is 2. The van der Waals surface area contributed by atoms with E-state index >= 15 is 0 Å². The number of phenols is 1. The number of aromatic hydroxyl groups is 1. The number of ketones is 1. The van der Waals surface area contributed by atoms with E-state index in [-0.39, 0.29) is 17.5 Å². The lowest BCUT2D eigenvalue weighted by Crippen LogP contribution is -2.37. The van der Waals surface area contributed by atoms with Gasteiger partial charge in [-0.05, 0) is 42.7 Å². The molecule has 6 heteroatoms. The van der Waals surface area contributed by atoms with E-state index in [2.05, 4.69) is 0 Å². The molecule has 6 nitrogen and oxygen atoms in total. The third kappa shape index (κ3) is 3.74. The number of rotatable bonds is 4. The van der Waals surface area contributed by atoms with E-state index in [4.69, 9.17) is 14.5 Å². The molecular weight excluding hydrogens is 394 g/mol. The molecule has 2 aromatic carbocycles. The minimum Gasteiger partial charge on any atom is -0.508 e. The predicted molar refractivity (Wildman–Crippen MR) is 116 cm³/mol. The Hall–Kier alpha value is -3.41. The van der Waals surface area contributed by atoms with Crippen LogP contribution in [0.1, 0.15) is 42.7 Å². The standard InChI is InChI=1S/C25H25NO5/c1-14-22(25(29)31-3)23(15-7-6-8-17(27)11-15)24-19(26-14)12-16(13-20(24)28)18-9-4-5-10-21(18)30-2/h4-11,16,22-23,27H,12-13H2,1-3H3/t16-,22?,23-/m1/s1. The van der Waals surface area contributed by atoms with Gasteiger partial charge in [-0.25, -0.2) is 0 Å². The van der Waals surface area contributed by atoms with Crippen molar-refractivity contribution in [2.45, 2.75) is 31.6 Å². The third-order valence-corrected chi connectivity index (χ3v) is 6.15. The summed E-state index contributed by atoms with van der Waals surface area (Å²) < 4.78 is 10.6. The van der Waals surface area contributed by atoms with Crippen molar-refractivity contribution in [3.63, 3.8) is 0 Å². The number of hydrogen-bond donors (Lipinski definition) is 1. The zero-order valence-corrected chi connectivity index (χ0v) is 17.8. The van der Waals surface area contributed by atoms with Crippen LogP contribution in [0.3, 0.4) is 0 Å². The van der Waals surface area contributed by atoms with Crippen molar-refractivity contribution in [3.8, 4) is 11.5 Å². The minimum atomic E-state index is -0.711. The van der Waals surface area contributed by atoms with Crippen molar-refractivity contribution in [1.82, 2.24) is 0 Å². The van der Waals surface area contributed by atoms with Crippen molar-refractivity contribution >= 4 is 17.5 Å². The van der Waals surface area contributed by atoms with Crippen molar-refractivity contribution in [1.29, 1.82) is 0 Å². The first-order chi connectivity index (χ1) is 14.9. The van der Waals surface area contributed by atoms with Crippen LogP contribution in [0.4, 0.5) is 0 Å². The summed E-state index contributed by atoms with van der Waals surface area (Å²) in [5.41, 5.74) is 3.51. The first-order valence-electron chi connectivity index (χ1n) is 10.3. The Morgan fingerprint density at radius 3 is 2.58 bits per heavy atom. The number of carbonyl (C=O) groups excluding carboxylic acids is 2. The van der Waals surface area contributed by atoms with E-state index in [1.807, 2.05) is 30.3 Å². The number of allylic oxidation sites excluding steroid dienone is 2. The molecular formula is C25H25NO5. The van der Waals surface area contributed by atoms with Crippen molar-refractivity contribution in [2.24, 2.45) is 10.9 Å². The Bertz CT molecular complexity index is 1100. The smallest absolute Gasteiger partial charge is 0.315 e. The van der Waals surface area contributed by atoms with Crippen LogP contribution in [-0.2, 0) is 14.3 Å². The van der Waals surface area contributed by atoms with Gasteiger partial charge in [-0.1, -0.05) is 30.3 Å². The molecule has 0 spiro atoms. The maximum Gasteiger partial charge on any atom is 0.315 e. The molecule has 2 aromatic rings. The summed E-state index contributed by atoms with van der Waals surface area (Å²) >= 11 is 0. The first-order valence-corrected chi connectivity index (χ1v) is 10.3. The number of phenolic OH excluding ortho intramolecular Hbond substituents is 1. The Morgan fingerprint density at radius 2 is 1.87 bits per heavy atom. The molecule has 0 radical (unpaired) electrons. The number of nitrogens with zero attached hydrogens (tertiary/aromatic N) is 1. The number of Topliss-reactive ketones (excluding diaryl/α,β-unsaturated/α-hetero) is 1.